The number of carbonyl (C=O) groups excluding carboxylic acids is 1. The predicted octanol–water partition coefficient (Wildman–Crippen LogP) is 1.28. The minimum Gasteiger partial charge on any atom is -0.508 e. The lowest BCUT2D eigenvalue weighted by molar-refractivity contribution is -0.142. The third-order valence-corrected chi connectivity index (χ3v) is 5.38. The number of phenolic OH excluding ortho intramolecular Hbond substituents is 1. The third kappa shape index (κ3) is 2.49. The zero-order valence-electron chi connectivity index (χ0n) is 13.2. The summed E-state index contributed by atoms with van der Waals surface area (Å²) in [4.78, 5) is 13.9. The minimum absolute atomic E-state index is 0.0654. The molecule has 2 heterocycles. The van der Waals surface area contributed by atoms with Crippen molar-refractivity contribution in [3.8, 4) is 16.9 Å². The number of aliphatic hydroxyl groups excluding tert-OH is 1. The Morgan fingerprint density at radius 3 is 2.71 bits per heavy atom. The second-order valence-corrected chi connectivity index (χ2v) is 6.90. The number of thiophene rings is 1. The van der Waals surface area contributed by atoms with Crippen LogP contribution in [0.3, 0.4) is 0 Å². The summed E-state index contributed by atoms with van der Waals surface area (Å²) in [6, 6.07) is 6.61. The van der Waals surface area contributed by atoms with Crippen molar-refractivity contribution < 1.29 is 15.0 Å². The zero-order valence-corrected chi connectivity index (χ0v) is 14.0. The maximum absolute atomic E-state index is 12.1. The molecule has 2 atom stereocenters. The molecule has 7 nitrogen and oxygen atoms in total. The average Bonchev–Trinajstić information content (AvgIpc) is 3.01. The number of phenols is 1. The standard InChI is InChI=1S/C16H18N4O3S/c1-16(13(22)14(23)20(2)15(18)19-16)12-5-9(7-24-12)8-3-10(17)6-11(21)4-8/h3-7,13,21-22H,17H2,1-2H3,(H2,18,19)/t13-,16+/m0/s1. The molecule has 8 heteroatoms. The number of aliphatic hydroxyl groups is 1. The van der Waals surface area contributed by atoms with E-state index in [1.54, 1.807) is 19.1 Å². The zero-order chi connectivity index (χ0) is 17.6. The molecule has 3 rings (SSSR count). The highest BCUT2D eigenvalue weighted by Gasteiger charge is 2.47. The molecule has 24 heavy (non-hydrogen) atoms. The van der Waals surface area contributed by atoms with Crippen LogP contribution in [-0.4, -0.2) is 40.1 Å². The van der Waals surface area contributed by atoms with Gasteiger partial charge in [0, 0.05) is 23.7 Å². The summed E-state index contributed by atoms with van der Waals surface area (Å²) in [5, 5.41) is 32.7. The van der Waals surface area contributed by atoms with Gasteiger partial charge in [-0.3, -0.25) is 15.1 Å². The summed E-state index contributed by atoms with van der Waals surface area (Å²) in [5.41, 5.74) is 6.66. The number of likely N-dealkylation sites (N-methyl/N-ethyl adjacent to an activating group) is 1. The minimum atomic E-state index is -1.31. The van der Waals surface area contributed by atoms with Gasteiger partial charge >= 0.3 is 0 Å². The number of aromatic hydroxyl groups is 1. The van der Waals surface area contributed by atoms with Gasteiger partial charge in [0.25, 0.3) is 5.91 Å². The second kappa shape index (κ2) is 5.50. The number of guanidine groups is 1. The molecule has 1 fully saturated rings. The van der Waals surface area contributed by atoms with Gasteiger partial charge in [0.2, 0.25) is 0 Å². The maximum atomic E-state index is 12.1. The molecule has 0 spiro atoms. The number of rotatable bonds is 2. The lowest BCUT2D eigenvalue weighted by atomic mass is 9.89. The molecular weight excluding hydrogens is 328 g/mol. The Morgan fingerprint density at radius 1 is 1.33 bits per heavy atom. The van der Waals surface area contributed by atoms with Gasteiger partial charge in [-0.1, -0.05) is 0 Å². The van der Waals surface area contributed by atoms with Gasteiger partial charge in [0.1, 0.15) is 11.3 Å². The number of anilines is 1. The topological polar surface area (TPSA) is 123 Å². The molecule has 0 radical (unpaired) electrons. The number of benzene rings is 1. The van der Waals surface area contributed by atoms with Crippen LogP contribution < -0.4 is 11.1 Å². The highest BCUT2D eigenvalue weighted by Crippen LogP contribution is 2.37. The fourth-order valence-electron chi connectivity index (χ4n) is 2.70. The van der Waals surface area contributed by atoms with Crippen molar-refractivity contribution in [1.82, 2.24) is 10.2 Å². The molecule has 2 aromatic rings. The van der Waals surface area contributed by atoms with Crippen LogP contribution in [0.25, 0.3) is 11.1 Å². The first-order valence-electron chi connectivity index (χ1n) is 7.23. The number of carbonyl (C=O) groups is 1. The molecule has 0 saturated carbocycles. The van der Waals surface area contributed by atoms with Crippen molar-refractivity contribution in [3.63, 3.8) is 0 Å². The van der Waals surface area contributed by atoms with Gasteiger partial charge in [-0.25, -0.2) is 0 Å². The number of hydrogen-bond donors (Lipinski definition) is 5. The van der Waals surface area contributed by atoms with E-state index in [0.717, 1.165) is 16.0 Å². The first-order chi connectivity index (χ1) is 11.2. The lowest BCUT2D eigenvalue weighted by Gasteiger charge is -2.42. The van der Waals surface area contributed by atoms with Crippen LogP contribution in [0.15, 0.2) is 29.6 Å². The van der Waals surface area contributed by atoms with Crippen molar-refractivity contribution in [2.75, 3.05) is 12.8 Å². The maximum Gasteiger partial charge on any atom is 0.260 e. The van der Waals surface area contributed by atoms with Crippen LogP contribution in [0.5, 0.6) is 5.75 Å². The molecule has 1 aliphatic heterocycles. The van der Waals surface area contributed by atoms with Crippen molar-refractivity contribution >= 4 is 28.9 Å². The molecule has 126 valence electrons. The summed E-state index contributed by atoms with van der Waals surface area (Å²) in [5.74, 6) is -0.527. The second-order valence-electron chi connectivity index (χ2n) is 5.99. The normalized spacial score (nSPS) is 24.1. The Bertz CT molecular complexity index is 814. The molecule has 1 saturated heterocycles. The first-order valence-corrected chi connectivity index (χ1v) is 8.11. The predicted molar refractivity (Wildman–Crippen MR) is 92.8 cm³/mol. The molecule has 0 aliphatic carbocycles. The number of hydrogen-bond acceptors (Lipinski definition) is 6. The van der Waals surface area contributed by atoms with Crippen molar-refractivity contribution in [2.45, 2.75) is 18.6 Å². The fourth-order valence-corrected chi connectivity index (χ4v) is 3.76. The van der Waals surface area contributed by atoms with E-state index in [9.17, 15) is 15.0 Å². The van der Waals surface area contributed by atoms with Crippen LogP contribution in [0.2, 0.25) is 0 Å². The van der Waals surface area contributed by atoms with Crippen molar-refractivity contribution in [1.29, 1.82) is 5.41 Å². The SMILES string of the molecule is CN1C(=N)N[C@](C)(c2cc(-c3cc(N)cc(O)c3)cs2)[C@@H](O)C1=O. The monoisotopic (exact) mass is 346 g/mol. The van der Waals surface area contributed by atoms with Crippen molar-refractivity contribution in [3.05, 3.63) is 34.5 Å². The van der Waals surface area contributed by atoms with E-state index in [0.29, 0.717) is 10.6 Å². The molecule has 1 aromatic carbocycles. The van der Waals surface area contributed by atoms with E-state index in [4.69, 9.17) is 11.1 Å². The Hall–Kier alpha value is -2.58. The van der Waals surface area contributed by atoms with E-state index < -0.39 is 17.6 Å². The average molecular weight is 346 g/mol. The number of nitrogens with one attached hydrogen (secondary N) is 2. The van der Waals surface area contributed by atoms with E-state index in [1.165, 1.54) is 24.5 Å². The van der Waals surface area contributed by atoms with Crippen LogP contribution in [0, 0.1) is 5.41 Å². The van der Waals surface area contributed by atoms with E-state index in [1.807, 2.05) is 11.4 Å². The summed E-state index contributed by atoms with van der Waals surface area (Å²) in [6.07, 6.45) is -1.31. The number of nitrogens with two attached hydrogens (primary N) is 1. The summed E-state index contributed by atoms with van der Waals surface area (Å²) >= 11 is 1.36. The molecule has 0 bridgehead atoms. The fraction of sp³-hybridized carbons (Fsp3) is 0.250. The Balaban J connectivity index is 2.00. The number of nitrogens with zero attached hydrogens (tertiary/aromatic N) is 1. The highest BCUT2D eigenvalue weighted by atomic mass is 32.1. The molecule has 6 N–H and O–H groups in total. The molecule has 1 amide bonds. The van der Waals surface area contributed by atoms with Gasteiger partial charge < -0.3 is 21.3 Å². The third-order valence-electron chi connectivity index (χ3n) is 4.21. The Kier molecular flexibility index (Phi) is 3.73. The van der Waals surface area contributed by atoms with E-state index in [2.05, 4.69) is 5.32 Å². The number of nitrogen functional groups attached to an aromatic ring is 1. The van der Waals surface area contributed by atoms with Gasteiger partial charge in [-0.05, 0) is 41.6 Å². The quantitative estimate of drug-likeness (QED) is 0.524. The van der Waals surface area contributed by atoms with Crippen LogP contribution in [0.1, 0.15) is 11.8 Å². The van der Waals surface area contributed by atoms with E-state index >= 15 is 0 Å². The summed E-state index contributed by atoms with van der Waals surface area (Å²) < 4.78 is 0. The van der Waals surface area contributed by atoms with Gasteiger partial charge in [-0.15, -0.1) is 11.3 Å². The molecule has 1 aliphatic rings. The summed E-state index contributed by atoms with van der Waals surface area (Å²) in [6.45, 7) is 1.68. The Morgan fingerprint density at radius 2 is 2.04 bits per heavy atom. The smallest absolute Gasteiger partial charge is 0.260 e. The van der Waals surface area contributed by atoms with Gasteiger partial charge in [0.05, 0.1) is 0 Å². The molecule has 0 unspecified atom stereocenters. The first kappa shape index (κ1) is 16.3. The largest absolute Gasteiger partial charge is 0.508 e. The van der Waals surface area contributed by atoms with Crippen LogP contribution in [-0.2, 0) is 10.3 Å². The van der Waals surface area contributed by atoms with Gasteiger partial charge in [-0.2, -0.15) is 0 Å². The Labute approximate surface area is 142 Å². The number of amides is 1. The summed E-state index contributed by atoms with van der Waals surface area (Å²) in [7, 11) is 1.44. The van der Waals surface area contributed by atoms with Crippen LogP contribution in [0.4, 0.5) is 5.69 Å². The van der Waals surface area contributed by atoms with Crippen LogP contribution >= 0.6 is 11.3 Å². The lowest BCUT2D eigenvalue weighted by Crippen LogP contribution is -2.66. The molecule has 1 aromatic heterocycles. The molecular formula is C16H18N4O3S. The van der Waals surface area contributed by atoms with E-state index in [-0.39, 0.29) is 11.7 Å². The highest BCUT2D eigenvalue weighted by molar-refractivity contribution is 7.10. The van der Waals surface area contributed by atoms with Gasteiger partial charge in [0.15, 0.2) is 12.1 Å². The van der Waals surface area contributed by atoms with Crippen molar-refractivity contribution in [2.24, 2.45) is 0 Å².